The van der Waals surface area contributed by atoms with E-state index in [0.29, 0.717) is 16.1 Å². The van der Waals surface area contributed by atoms with Gasteiger partial charge >= 0.3 is 5.97 Å². The summed E-state index contributed by atoms with van der Waals surface area (Å²) in [6.45, 7) is 1.89. The summed E-state index contributed by atoms with van der Waals surface area (Å²) in [5.41, 5.74) is 3.09. The van der Waals surface area contributed by atoms with Crippen LogP contribution in [0.2, 0.25) is 0 Å². The van der Waals surface area contributed by atoms with Gasteiger partial charge in [0, 0.05) is 10.4 Å². The average Bonchev–Trinajstić information content (AvgIpc) is 3.07. The van der Waals surface area contributed by atoms with Crippen molar-refractivity contribution in [3.63, 3.8) is 0 Å². The zero-order chi connectivity index (χ0) is 15.7. The third-order valence-electron chi connectivity index (χ3n) is 3.93. The Bertz CT molecular complexity index is 748. The Morgan fingerprint density at radius 1 is 1.23 bits per heavy atom. The quantitative estimate of drug-likeness (QED) is 0.881. The van der Waals surface area contributed by atoms with E-state index in [0.717, 1.165) is 30.4 Å². The van der Waals surface area contributed by atoms with Crippen LogP contribution >= 0.6 is 11.3 Å². The van der Waals surface area contributed by atoms with Gasteiger partial charge in [0.2, 0.25) is 0 Å². The molecular weight excluding hydrogens is 298 g/mol. The van der Waals surface area contributed by atoms with Crippen LogP contribution in [-0.2, 0) is 17.6 Å². The third-order valence-corrected chi connectivity index (χ3v) is 5.13. The zero-order valence-electron chi connectivity index (χ0n) is 12.6. The molecule has 0 bridgehead atoms. The van der Waals surface area contributed by atoms with Crippen molar-refractivity contribution in [2.75, 3.05) is 12.4 Å². The van der Waals surface area contributed by atoms with Gasteiger partial charge in [-0.15, -0.1) is 11.3 Å². The Labute approximate surface area is 133 Å². The summed E-state index contributed by atoms with van der Waals surface area (Å²) < 4.78 is 4.89. The fraction of sp³-hybridized carbons (Fsp3) is 0.294. The summed E-state index contributed by atoms with van der Waals surface area (Å²) >= 11 is 1.49. The van der Waals surface area contributed by atoms with Crippen LogP contribution in [-0.4, -0.2) is 19.0 Å². The van der Waals surface area contributed by atoms with Crippen LogP contribution in [0.15, 0.2) is 24.3 Å². The molecule has 3 rings (SSSR count). The van der Waals surface area contributed by atoms with Gasteiger partial charge in [0.05, 0.1) is 12.7 Å². The maximum absolute atomic E-state index is 12.5. The van der Waals surface area contributed by atoms with Gasteiger partial charge in [-0.05, 0) is 43.4 Å². The average molecular weight is 315 g/mol. The van der Waals surface area contributed by atoms with Crippen molar-refractivity contribution in [1.82, 2.24) is 0 Å². The summed E-state index contributed by atoms with van der Waals surface area (Å²) in [4.78, 5) is 25.7. The van der Waals surface area contributed by atoms with Crippen LogP contribution in [0, 0.1) is 6.92 Å². The predicted molar refractivity (Wildman–Crippen MR) is 86.8 cm³/mol. The summed E-state index contributed by atoms with van der Waals surface area (Å²) in [5.74, 6) is -0.567. The number of aryl methyl sites for hydroxylation is 2. The summed E-state index contributed by atoms with van der Waals surface area (Å²) in [6, 6.07) is 7.40. The van der Waals surface area contributed by atoms with Crippen LogP contribution in [0.1, 0.15) is 43.1 Å². The topological polar surface area (TPSA) is 55.4 Å². The molecule has 1 aromatic carbocycles. The molecule has 22 heavy (non-hydrogen) atoms. The van der Waals surface area contributed by atoms with E-state index >= 15 is 0 Å². The van der Waals surface area contributed by atoms with Crippen molar-refractivity contribution in [1.29, 1.82) is 0 Å². The van der Waals surface area contributed by atoms with Gasteiger partial charge in [-0.1, -0.05) is 18.2 Å². The molecule has 0 saturated heterocycles. The molecule has 0 saturated carbocycles. The molecule has 0 fully saturated rings. The third kappa shape index (κ3) is 2.52. The van der Waals surface area contributed by atoms with Crippen molar-refractivity contribution >= 4 is 28.2 Å². The molecular formula is C17H17NO3S. The molecule has 5 heteroatoms. The molecule has 1 aromatic heterocycles. The number of esters is 1. The largest absolute Gasteiger partial charge is 0.465 e. The highest BCUT2D eigenvalue weighted by molar-refractivity contribution is 7.17. The van der Waals surface area contributed by atoms with Gasteiger partial charge < -0.3 is 10.1 Å². The van der Waals surface area contributed by atoms with Crippen molar-refractivity contribution in [3.8, 4) is 0 Å². The van der Waals surface area contributed by atoms with E-state index in [-0.39, 0.29) is 11.9 Å². The number of hydrogen-bond acceptors (Lipinski definition) is 4. The molecule has 1 aliphatic rings. The maximum atomic E-state index is 12.5. The monoisotopic (exact) mass is 315 g/mol. The molecule has 0 unspecified atom stereocenters. The molecule has 1 aliphatic carbocycles. The minimum absolute atomic E-state index is 0.192. The molecule has 0 aliphatic heterocycles. The Morgan fingerprint density at radius 2 is 2.00 bits per heavy atom. The highest BCUT2D eigenvalue weighted by Gasteiger charge is 2.28. The molecule has 0 spiro atoms. The lowest BCUT2D eigenvalue weighted by Gasteiger charge is -2.08. The van der Waals surface area contributed by atoms with Gasteiger partial charge in [0.25, 0.3) is 5.91 Å². The van der Waals surface area contributed by atoms with Crippen molar-refractivity contribution in [2.45, 2.75) is 26.2 Å². The van der Waals surface area contributed by atoms with E-state index in [4.69, 9.17) is 4.74 Å². The minimum atomic E-state index is -0.375. The van der Waals surface area contributed by atoms with Crippen LogP contribution in [0.4, 0.5) is 5.00 Å². The number of methoxy groups -OCH3 is 1. The van der Waals surface area contributed by atoms with E-state index in [1.165, 1.54) is 23.3 Å². The summed E-state index contributed by atoms with van der Waals surface area (Å²) in [6.07, 6.45) is 2.89. The lowest BCUT2D eigenvalue weighted by Crippen LogP contribution is -2.15. The number of rotatable bonds is 3. The molecule has 1 N–H and O–H groups in total. The highest BCUT2D eigenvalue weighted by Crippen LogP contribution is 2.39. The van der Waals surface area contributed by atoms with Crippen LogP contribution < -0.4 is 5.32 Å². The second-order valence-electron chi connectivity index (χ2n) is 5.32. The Balaban J connectivity index is 1.95. The number of carbonyl (C=O) groups excluding carboxylic acids is 2. The fourth-order valence-electron chi connectivity index (χ4n) is 2.81. The number of hydrogen-bond donors (Lipinski definition) is 1. The van der Waals surface area contributed by atoms with Gasteiger partial charge in [0.15, 0.2) is 0 Å². The Hall–Kier alpha value is -2.14. The zero-order valence-corrected chi connectivity index (χ0v) is 13.4. The van der Waals surface area contributed by atoms with E-state index in [1.807, 2.05) is 25.1 Å². The molecule has 1 heterocycles. The van der Waals surface area contributed by atoms with Gasteiger partial charge in [-0.3, -0.25) is 4.79 Å². The first-order valence-corrected chi connectivity index (χ1v) is 8.03. The van der Waals surface area contributed by atoms with Gasteiger partial charge in [-0.25, -0.2) is 4.79 Å². The molecule has 2 aromatic rings. The van der Waals surface area contributed by atoms with E-state index < -0.39 is 0 Å². The number of ether oxygens (including phenoxy) is 1. The summed E-state index contributed by atoms with van der Waals surface area (Å²) in [5, 5.41) is 3.49. The Kier molecular flexibility index (Phi) is 3.98. The second-order valence-corrected chi connectivity index (χ2v) is 6.43. The number of benzene rings is 1. The predicted octanol–water partition coefficient (Wildman–Crippen LogP) is 3.58. The van der Waals surface area contributed by atoms with Gasteiger partial charge in [-0.2, -0.15) is 0 Å². The lowest BCUT2D eigenvalue weighted by atomic mass is 10.1. The second kappa shape index (κ2) is 5.93. The van der Waals surface area contributed by atoms with Crippen molar-refractivity contribution in [3.05, 3.63) is 51.4 Å². The number of carbonyl (C=O) groups is 2. The SMILES string of the molecule is COC(=O)c1c(NC(=O)c2ccccc2C)sc2c1CCC2. The minimum Gasteiger partial charge on any atom is -0.465 e. The molecule has 4 nitrogen and oxygen atoms in total. The maximum Gasteiger partial charge on any atom is 0.341 e. The fourth-order valence-corrected chi connectivity index (χ4v) is 4.08. The molecule has 114 valence electrons. The van der Waals surface area contributed by atoms with Crippen molar-refractivity contribution in [2.24, 2.45) is 0 Å². The first-order chi connectivity index (χ1) is 10.6. The number of fused-ring (bicyclic) bond motifs is 1. The van der Waals surface area contributed by atoms with Crippen LogP contribution in [0.5, 0.6) is 0 Å². The van der Waals surface area contributed by atoms with Crippen LogP contribution in [0.3, 0.4) is 0 Å². The molecule has 0 atom stereocenters. The molecule has 1 amide bonds. The van der Waals surface area contributed by atoms with E-state index in [2.05, 4.69) is 5.32 Å². The number of nitrogens with one attached hydrogen (secondary N) is 1. The lowest BCUT2D eigenvalue weighted by molar-refractivity contribution is 0.0601. The van der Waals surface area contributed by atoms with Crippen molar-refractivity contribution < 1.29 is 14.3 Å². The van der Waals surface area contributed by atoms with Crippen LogP contribution in [0.25, 0.3) is 0 Å². The number of thiophene rings is 1. The number of anilines is 1. The number of amides is 1. The van der Waals surface area contributed by atoms with E-state index in [9.17, 15) is 9.59 Å². The first kappa shape index (κ1) is 14.8. The summed E-state index contributed by atoms with van der Waals surface area (Å²) in [7, 11) is 1.37. The Morgan fingerprint density at radius 3 is 2.73 bits per heavy atom. The smallest absolute Gasteiger partial charge is 0.341 e. The van der Waals surface area contributed by atoms with Gasteiger partial charge in [0.1, 0.15) is 5.00 Å². The standard InChI is InChI=1S/C17H17NO3S/c1-10-6-3-4-7-11(10)15(19)18-16-14(17(20)21-2)12-8-5-9-13(12)22-16/h3-4,6-7H,5,8-9H2,1-2H3,(H,18,19). The molecule has 0 radical (unpaired) electrons. The van der Waals surface area contributed by atoms with E-state index in [1.54, 1.807) is 6.07 Å². The first-order valence-electron chi connectivity index (χ1n) is 7.21. The normalized spacial score (nSPS) is 12.8. The highest BCUT2D eigenvalue weighted by atomic mass is 32.1.